The maximum Gasteiger partial charge on any atom is 0.241 e. The molecule has 0 N–H and O–H groups in total. The molecule has 10 aromatic rings. The Morgan fingerprint density at radius 1 is 0.444 bits per heavy atom. The highest BCUT2D eigenvalue weighted by molar-refractivity contribution is 6.09. The van der Waals surface area contributed by atoms with E-state index in [0.29, 0.717) is 17.7 Å². The van der Waals surface area contributed by atoms with Crippen LogP contribution in [0.5, 0.6) is 0 Å². The van der Waals surface area contributed by atoms with Crippen LogP contribution in [0.3, 0.4) is 0 Å². The van der Waals surface area contributed by atoms with Gasteiger partial charge in [-0.2, -0.15) is 15.0 Å². The van der Waals surface area contributed by atoms with Crippen LogP contribution in [-0.2, 0) is 0 Å². The van der Waals surface area contributed by atoms with Gasteiger partial charge in [0.05, 0.1) is 11.0 Å². The van der Waals surface area contributed by atoms with Crippen LogP contribution >= 0.6 is 0 Å². The van der Waals surface area contributed by atoms with Crippen LogP contribution in [0.15, 0.2) is 132 Å². The SMILES string of the molecule is c1ccc2c(c1)oc1ccc(-c3nc(-n4c5ccccc5c5cccnc54)nc(-n4c5ccccc5c5cccnc54)n3)cc12. The van der Waals surface area contributed by atoms with Crippen molar-refractivity contribution < 1.29 is 4.42 Å². The molecular weight excluding hydrogens is 558 g/mol. The van der Waals surface area contributed by atoms with Crippen LogP contribution in [0, 0.1) is 0 Å². The van der Waals surface area contributed by atoms with E-state index in [2.05, 4.69) is 48.5 Å². The van der Waals surface area contributed by atoms with Crippen LogP contribution in [-0.4, -0.2) is 34.1 Å². The van der Waals surface area contributed by atoms with Crippen LogP contribution in [0.2, 0.25) is 0 Å². The molecule has 0 aliphatic heterocycles. The Hall–Kier alpha value is -6.41. The first-order valence-electron chi connectivity index (χ1n) is 14.7. The smallest absolute Gasteiger partial charge is 0.241 e. The van der Waals surface area contributed by atoms with E-state index in [0.717, 1.165) is 71.4 Å². The van der Waals surface area contributed by atoms with E-state index in [4.69, 9.17) is 29.3 Å². The van der Waals surface area contributed by atoms with E-state index in [1.807, 2.05) is 75.9 Å². The number of fused-ring (bicyclic) bond motifs is 9. The number of hydrogen-bond donors (Lipinski definition) is 0. The number of nitrogens with zero attached hydrogens (tertiary/aromatic N) is 7. The monoisotopic (exact) mass is 579 g/mol. The van der Waals surface area contributed by atoms with Crippen molar-refractivity contribution in [1.82, 2.24) is 34.1 Å². The Kier molecular flexibility index (Phi) is 4.84. The van der Waals surface area contributed by atoms with Crippen molar-refractivity contribution in [1.29, 1.82) is 0 Å². The second kappa shape index (κ2) is 9.05. The molecule has 6 aromatic heterocycles. The van der Waals surface area contributed by atoms with E-state index in [1.54, 1.807) is 12.4 Å². The summed E-state index contributed by atoms with van der Waals surface area (Å²) in [6, 6.07) is 38.7. The topological polar surface area (TPSA) is 87.5 Å². The maximum atomic E-state index is 6.12. The largest absolute Gasteiger partial charge is 0.456 e. The minimum absolute atomic E-state index is 0.471. The van der Waals surface area contributed by atoms with Gasteiger partial charge in [-0.1, -0.05) is 54.6 Å². The molecule has 8 nitrogen and oxygen atoms in total. The third kappa shape index (κ3) is 3.44. The summed E-state index contributed by atoms with van der Waals surface area (Å²) in [6.45, 7) is 0. The van der Waals surface area contributed by atoms with Crippen molar-refractivity contribution in [2.45, 2.75) is 0 Å². The van der Waals surface area contributed by atoms with E-state index in [9.17, 15) is 0 Å². The maximum absolute atomic E-state index is 6.12. The van der Waals surface area contributed by atoms with Gasteiger partial charge >= 0.3 is 0 Å². The van der Waals surface area contributed by atoms with E-state index < -0.39 is 0 Å². The molecule has 0 aliphatic carbocycles. The molecular formula is C37H21N7O. The predicted molar refractivity (Wildman–Crippen MR) is 177 cm³/mol. The molecule has 0 saturated carbocycles. The van der Waals surface area contributed by atoms with Crippen LogP contribution < -0.4 is 0 Å². The van der Waals surface area contributed by atoms with E-state index >= 15 is 0 Å². The highest BCUT2D eigenvalue weighted by Gasteiger charge is 2.21. The lowest BCUT2D eigenvalue weighted by atomic mass is 10.1. The lowest BCUT2D eigenvalue weighted by molar-refractivity contribution is 0.669. The van der Waals surface area contributed by atoms with Crippen molar-refractivity contribution in [2.24, 2.45) is 0 Å². The fraction of sp³-hybridized carbons (Fsp3) is 0. The predicted octanol–water partition coefficient (Wildman–Crippen LogP) is 8.42. The molecule has 0 bridgehead atoms. The molecule has 0 saturated heterocycles. The van der Waals surface area contributed by atoms with Gasteiger partial charge in [0.25, 0.3) is 0 Å². The Balaban J connectivity index is 1.32. The third-order valence-corrected chi connectivity index (χ3v) is 8.51. The number of rotatable bonds is 3. The van der Waals surface area contributed by atoms with Gasteiger partial charge in [-0.15, -0.1) is 0 Å². The molecule has 0 spiro atoms. The zero-order valence-corrected chi connectivity index (χ0v) is 23.7. The molecule has 0 radical (unpaired) electrons. The second-order valence-electron chi connectivity index (χ2n) is 11.0. The van der Waals surface area contributed by atoms with Gasteiger partial charge in [0.15, 0.2) is 5.82 Å². The quantitative estimate of drug-likeness (QED) is 0.209. The van der Waals surface area contributed by atoms with Gasteiger partial charge in [0.2, 0.25) is 11.9 Å². The van der Waals surface area contributed by atoms with Gasteiger partial charge in [-0.25, -0.2) is 9.97 Å². The van der Waals surface area contributed by atoms with Gasteiger partial charge in [-0.3, -0.25) is 9.13 Å². The number of benzene rings is 4. The minimum Gasteiger partial charge on any atom is -0.456 e. The Morgan fingerprint density at radius 3 is 1.62 bits per heavy atom. The third-order valence-electron chi connectivity index (χ3n) is 8.51. The summed E-state index contributed by atoms with van der Waals surface area (Å²) in [5.74, 6) is 1.48. The number of furan rings is 1. The zero-order valence-electron chi connectivity index (χ0n) is 23.7. The fourth-order valence-electron chi connectivity index (χ4n) is 6.54. The van der Waals surface area contributed by atoms with Crippen LogP contribution in [0.1, 0.15) is 0 Å². The molecule has 45 heavy (non-hydrogen) atoms. The van der Waals surface area contributed by atoms with Crippen LogP contribution in [0.25, 0.3) is 89.1 Å². The summed E-state index contributed by atoms with van der Waals surface area (Å²) >= 11 is 0. The average molecular weight is 580 g/mol. The van der Waals surface area contributed by atoms with E-state index in [-0.39, 0.29) is 0 Å². The molecule has 210 valence electrons. The van der Waals surface area contributed by atoms with Crippen molar-refractivity contribution >= 4 is 65.8 Å². The van der Waals surface area contributed by atoms with Crippen molar-refractivity contribution in [3.05, 3.63) is 128 Å². The summed E-state index contributed by atoms with van der Waals surface area (Å²) in [6.07, 6.45) is 3.60. The first kappa shape index (κ1) is 24.1. The Labute approximate surface area is 254 Å². The normalized spacial score (nSPS) is 12.0. The summed E-state index contributed by atoms with van der Waals surface area (Å²) < 4.78 is 10.2. The minimum atomic E-state index is 0.471. The lowest BCUT2D eigenvalue weighted by Crippen LogP contribution is -2.10. The molecule has 0 amide bonds. The fourth-order valence-corrected chi connectivity index (χ4v) is 6.54. The van der Waals surface area contributed by atoms with Gasteiger partial charge in [0.1, 0.15) is 22.5 Å². The number of aromatic nitrogens is 7. The van der Waals surface area contributed by atoms with Gasteiger partial charge in [0, 0.05) is 50.3 Å². The summed E-state index contributed by atoms with van der Waals surface area (Å²) in [4.78, 5) is 25.0. The number of hydrogen-bond acceptors (Lipinski definition) is 6. The van der Waals surface area contributed by atoms with Crippen LogP contribution in [0.4, 0.5) is 0 Å². The van der Waals surface area contributed by atoms with E-state index in [1.165, 1.54) is 0 Å². The van der Waals surface area contributed by atoms with Crippen molar-refractivity contribution in [3.63, 3.8) is 0 Å². The molecule has 0 atom stereocenters. The molecule has 10 rings (SSSR count). The summed E-state index contributed by atoms with van der Waals surface area (Å²) in [7, 11) is 0. The number of para-hydroxylation sites is 3. The first-order valence-corrected chi connectivity index (χ1v) is 14.7. The Morgan fingerprint density at radius 2 is 0.978 bits per heavy atom. The number of pyridine rings is 2. The first-order chi connectivity index (χ1) is 22.3. The zero-order chi connectivity index (χ0) is 29.5. The van der Waals surface area contributed by atoms with Gasteiger partial charge < -0.3 is 4.42 Å². The Bertz CT molecular complexity index is 2550. The molecule has 6 heterocycles. The van der Waals surface area contributed by atoms with Gasteiger partial charge in [-0.05, 0) is 60.7 Å². The second-order valence-corrected chi connectivity index (χ2v) is 11.0. The molecule has 0 unspecified atom stereocenters. The summed E-state index contributed by atoms with van der Waals surface area (Å²) in [5.41, 5.74) is 5.98. The van der Waals surface area contributed by atoms with Crippen molar-refractivity contribution in [3.8, 4) is 23.3 Å². The summed E-state index contributed by atoms with van der Waals surface area (Å²) in [5, 5.41) is 6.26. The lowest BCUT2D eigenvalue weighted by Gasteiger charge is -2.12. The molecule has 0 aliphatic rings. The molecule has 4 aromatic carbocycles. The highest BCUT2D eigenvalue weighted by Crippen LogP contribution is 2.35. The van der Waals surface area contributed by atoms with Crippen molar-refractivity contribution in [2.75, 3.05) is 0 Å². The molecule has 8 heteroatoms. The standard InChI is InChI=1S/C37H21N7O/c1-4-14-29-23(9-1)26-12-7-19-38-34(26)43(29)36-40-33(22-17-18-32-28(21-22)25-11-3-6-16-31(25)45-32)41-37(42-36)44-30-15-5-2-10-24(30)27-13-8-20-39-35(27)44/h1-21H. The highest BCUT2D eigenvalue weighted by atomic mass is 16.3. The molecule has 0 fully saturated rings. The average Bonchev–Trinajstić information content (AvgIpc) is 3.75.